The molecule has 0 N–H and O–H groups in total. The first-order valence-corrected chi connectivity index (χ1v) is 4.33. The van der Waals surface area contributed by atoms with Crippen LogP contribution in [0.4, 0.5) is 0 Å². The van der Waals surface area contributed by atoms with Crippen molar-refractivity contribution >= 4 is 5.78 Å². The van der Waals surface area contributed by atoms with Gasteiger partial charge in [0.2, 0.25) is 0 Å². The highest BCUT2D eigenvalue weighted by Gasteiger charge is 2.23. The summed E-state index contributed by atoms with van der Waals surface area (Å²) in [6.45, 7) is 0.719. The van der Waals surface area contributed by atoms with Gasteiger partial charge in [-0.05, 0) is 25.2 Å². The maximum absolute atomic E-state index is 11.1. The van der Waals surface area contributed by atoms with E-state index < -0.39 is 0 Å². The molecule has 0 heterocycles. The van der Waals surface area contributed by atoms with Crippen LogP contribution >= 0.6 is 0 Å². The fourth-order valence-electron chi connectivity index (χ4n) is 1.16. The molecule has 0 saturated heterocycles. The SMILES string of the molecule is COCCCC(=O)CC1CC1. The Morgan fingerprint density at radius 1 is 1.55 bits per heavy atom. The summed E-state index contributed by atoms with van der Waals surface area (Å²) in [5.74, 6) is 1.16. The highest BCUT2D eigenvalue weighted by molar-refractivity contribution is 5.78. The van der Waals surface area contributed by atoms with Gasteiger partial charge in [0.1, 0.15) is 5.78 Å². The molecule has 64 valence electrons. The van der Waals surface area contributed by atoms with E-state index in [1.165, 1.54) is 12.8 Å². The fourth-order valence-corrected chi connectivity index (χ4v) is 1.16. The van der Waals surface area contributed by atoms with Crippen molar-refractivity contribution in [1.29, 1.82) is 0 Å². The summed E-state index contributed by atoms with van der Waals surface area (Å²) in [6.07, 6.45) is 4.97. The van der Waals surface area contributed by atoms with Crippen molar-refractivity contribution in [2.24, 2.45) is 5.92 Å². The van der Waals surface area contributed by atoms with Crippen molar-refractivity contribution in [3.05, 3.63) is 0 Å². The van der Waals surface area contributed by atoms with Crippen molar-refractivity contribution in [2.75, 3.05) is 13.7 Å². The zero-order valence-corrected chi connectivity index (χ0v) is 7.14. The monoisotopic (exact) mass is 156 g/mol. The molecule has 1 fully saturated rings. The molecule has 2 nitrogen and oxygen atoms in total. The molecule has 0 aromatic heterocycles. The molecule has 1 saturated carbocycles. The Kier molecular flexibility index (Phi) is 3.57. The third-order valence-corrected chi connectivity index (χ3v) is 2.02. The van der Waals surface area contributed by atoms with Crippen LogP contribution < -0.4 is 0 Å². The molecule has 2 heteroatoms. The minimum atomic E-state index is 0.421. The molecule has 0 bridgehead atoms. The van der Waals surface area contributed by atoms with Crippen LogP contribution in [0, 0.1) is 5.92 Å². The highest BCUT2D eigenvalue weighted by atomic mass is 16.5. The number of methoxy groups -OCH3 is 1. The Morgan fingerprint density at radius 2 is 2.27 bits per heavy atom. The Morgan fingerprint density at radius 3 is 2.82 bits per heavy atom. The summed E-state index contributed by atoms with van der Waals surface area (Å²) in [7, 11) is 1.67. The van der Waals surface area contributed by atoms with Gasteiger partial charge < -0.3 is 4.74 Å². The summed E-state index contributed by atoms with van der Waals surface area (Å²) < 4.78 is 4.86. The summed E-state index contributed by atoms with van der Waals surface area (Å²) in [5, 5.41) is 0. The maximum atomic E-state index is 11.1. The number of hydrogen-bond donors (Lipinski definition) is 0. The third kappa shape index (κ3) is 4.14. The second kappa shape index (κ2) is 4.50. The van der Waals surface area contributed by atoms with Gasteiger partial charge in [0.25, 0.3) is 0 Å². The van der Waals surface area contributed by atoms with Crippen molar-refractivity contribution < 1.29 is 9.53 Å². The Hall–Kier alpha value is -0.370. The lowest BCUT2D eigenvalue weighted by Gasteiger charge is -1.97. The number of hydrogen-bond acceptors (Lipinski definition) is 2. The van der Waals surface area contributed by atoms with Gasteiger partial charge in [0.05, 0.1) is 0 Å². The molecular weight excluding hydrogens is 140 g/mol. The van der Waals surface area contributed by atoms with E-state index in [2.05, 4.69) is 0 Å². The minimum Gasteiger partial charge on any atom is -0.385 e. The predicted molar refractivity (Wildman–Crippen MR) is 43.5 cm³/mol. The van der Waals surface area contributed by atoms with Crippen LogP contribution in [0.3, 0.4) is 0 Å². The molecule has 1 aliphatic rings. The normalized spacial score (nSPS) is 16.8. The first kappa shape index (κ1) is 8.72. The van der Waals surface area contributed by atoms with Gasteiger partial charge in [-0.2, -0.15) is 0 Å². The topological polar surface area (TPSA) is 26.3 Å². The van der Waals surface area contributed by atoms with Crippen molar-refractivity contribution in [2.45, 2.75) is 32.1 Å². The van der Waals surface area contributed by atoms with E-state index in [9.17, 15) is 4.79 Å². The van der Waals surface area contributed by atoms with Crippen LogP contribution in [0.5, 0.6) is 0 Å². The standard InChI is InChI=1S/C9H16O2/c1-11-6-2-3-9(10)7-8-4-5-8/h8H,2-7H2,1H3. The molecule has 0 aromatic rings. The van der Waals surface area contributed by atoms with E-state index in [1.807, 2.05) is 0 Å². The van der Waals surface area contributed by atoms with Crippen LogP contribution in [0.1, 0.15) is 32.1 Å². The first-order chi connectivity index (χ1) is 5.33. The second-order valence-electron chi connectivity index (χ2n) is 3.28. The van der Waals surface area contributed by atoms with E-state index in [-0.39, 0.29) is 0 Å². The number of rotatable bonds is 6. The lowest BCUT2D eigenvalue weighted by molar-refractivity contribution is -0.119. The third-order valence-electron chi connectivity index (χ3n) is 2.02. The summed E-state index contributed by atoms with van der Waals surface area (Å²) in [6, 6.07) is 0. The van der Waals surface area contributed by atoms with Gasteiger partial charge in [0.15, 0.2) is 0 Å². The lowest BCUT2D eigenvalue weighted by atomic mass is 10.1. The largest absolute Gasteiger partial charge is 0.385 e. The summed E-state index contributed by atoms with van der Waals surface area (Å²) >= 11 is 0. The number of ketones is 1. The fraction of sp³-hybridized carbons (Fsp3) is 0.889. The molecule has 0 unspecified atom stereocenters. The van der Waals surface area contributed by atoms with E-state index in [1.54, 1.807) is 7.11 Å². The molecule has 1 aliphatic carbocycles. The zero-order chi connectivity index (χ0) is 8.10. The number of carbonyl (C=O) groups is 1. The van der Waals surface area contributed by atoms with E-state index in [0.29, 0.717) is 12.2 Å². The molecule has 11 heavy (non-hydrogen) atoms. The van der Waals surface area contributed by atoms with Gasteiger partial charge in [-0.3, -0.25) is 4.79 Å². The summed E-state index contributed by atoms with van der Waals surface area (Å²) in [5.41, 5.74) is 0. The molecule has 0 spiro atoms. The minimum absolute atomic E-state index is 0.421. The van der Waals surface area contributed by atoms with Gasteiger partial charge >= 0.3 is 0 Å². The molecular formula is C9H16O2. The van der Waals surface area contributed by atoms with Crippen LogP contribution in [-0.2, 0) is 9.53 Å². The number of ether oxygens (including phenoxy) is 1. The van der Waals surface area contributed by atoms with Crippen molar-refractivity contribution in [3.63, 3.8) is 0 Å². The summed E-state index contributed by atoms with van der Waals surface area (Å²) in [4.78, 5) is 11.1. The first-order valence-electron chi connectivity index (χ1n) is 4.33. The number of Topliss-reactive ketones (excluding diaryl/α,β-unsaturated/α-hetero) is 1. The molecule has 1 rings (SSSR count). The van der Waals surface area contributed by atoms with E-state index in [4.69, 9.17) is 4.74 Å². The van der Waals surface area contributed by atoms with Crippen LogP contribution in [0.25, 0.3) is 0 Å². The molecule has 0 aromatic carbocycles. The smallest absolute Gasteiger partial charge is 0.133 e. The van der Waals surface area contributed by atoms with Gasteiger partial charge in [0, 0.05) is 26.6 Å². The Bertz CT molecular complexity index is 128. The molecule has 0 aliphatic heterocycles. The maximum Gasteiger partial charge on any atom is 0.133 e. The molecule has 0 amide bonds. The van der Waals surface area contributed by atoms with E-state index in [0.717, 1.165) is 25.4 Å². The zero-order valence-electron chi connectivity index (χ0n) is 7.14. The van der Waals surface area contributed by atoms with Crippen LogP contribution in [-0.4, -0.2) is 19.5 Å². The quantitative estimate of drug-likeness (QED) is 0.548. The molecule has 0 radical (unpaired) electrons. The van der Waals surface area contributed by atoms with Gasteiger partial charge in [-0.25, -0.2) is 0 Å². The predicted octanol–water partition coefficient (Wildman–Crippen LogP) is 1.78. The van der Waals surface area contributed by atoms with Crippen LogP contribution in [0.15, 0.2) is 0 Å². The average Bonchev–Trinajstić information content (AvgIpc) is 2.72. The van der Waals surface area contributed by atoms with Crippen LogP contribution in [0.2, 0.25) is 0 Å². The van der Waals surface area contributed by atoms with Gasteiger partial charge in [-0.1, -0.05) is 0 Å². The molecule has 0 atom stereocenters. The lowest BCUT2D eigenvalue weighted by Crippen LogP contribution is -2.00. The Balaban J connectivity index is 1.92. The van der Waals surface area contributed by atoms with Crippen molar-refractivity contribution in [1.82, 2.24) is 0 Å². The highest BCUT2D eigenvalue weighted by Crippen LogP contribution is 2.32. The Labute approximate surface area is 67.9 Å². The van der Waals surface area contributed by atoms with Crippen molar-refractivity contribution in [3.8, 4) is 0 Å². The number of carbonyl (C=O) groups excluding carboxylic acids is 1. The van der Waals surface area contributed by atoms with E-state index >= 15 is 0 Å². The van der Waals surface area contributed by atoms with Gasteiger partial charge in [-0.15, -0.1) is 0 Å². The second-order valence-corrected chi connectivity index (χ2v) is 3.28. The average molecular weight is 156 g/mol.